The lowest BCUT2D eigenvalue weighted by Gasteiger charge is -2.09. The molecule has 0 saturated carbocycles. The molecule has 0 spiro atoms. The zero-order valence-electron chi connectivity index (χ0n) is 14.3. The molecule has 0 saturated heterocycles. The standard InChI is InChI=1S/C14H19N5O6S/c1-8(21)15-13-17-11-10(12(23)18-13)16-14(26-6-3-20)19(11)7-24-4-5-25-9(2)22/h20H,3-7H2,1-2H3,(H2,15,17,18,21,23). The van der Waals surface area contributed by atoms with E-state index in [9.17, 15) is 14.4 Å². The van der Waals surface area contributed by atoms with Crippen molar-refractivity contribution in [1.29, 1.82) is 0 Å². The topological polar surface area (TPSA) is 148 Å². The minimum Gasteiger partial charge on any atom is -0.463 e. The van der Waals surface area contributed by atoms with Crippen molar-refractivity contribution in [3.63, 3.8) is 0 Å². The Balaban J connectivity index is 2.29. The van der Waals surface area contributed by atoms with Crippen molar-refractivity contribution >= 4 is 40.8 Å². The van der Waals surface area contributed by atoms with Crippen molar-refractivity contribution in [2.75, 3.05) is 30.9 Å². The van der Waals surface area contributed by atoms with Crippen LogP contribution in [0.3, 0.4) is 0 Å². The Morgan fingerprint density at radius 3 is 2.73 bits per heavy atom. The summed E-state index contributed by atoms with van der Waals surface area (Å²) in [7, 11) is 0. The van der Waals surface area contributed by atoms with Crippen molar-refractivity contribution in [3.05, 3.63) is 10.4 Å². The minimum atomic E-state index is -0.511. The molecule has 2 rings (SSSR count). The average molecular weight is 385 g/mol. The summed E-state index contributed by atoms with van der Waals surface area (Å²) < 4.78 is 11.8. The van der Waals surface area contributed by atoms with Gasteiger partial charge in [-0.3, -0.25) is 29.3 Å². The van der Waals surface area contributed by atoms with E-state index in [-0.39, 0.29) is 49.6 Å². The van der Waals surface area contributed by atoms with Gasteiger partial charge in [0.2, 0.25) is 11.9 Å². The summed E-state index contributed by atoms with van der Waals surface area (Å²) in [4.78, 5) is 45.0. The quantitative estimate of drug-likeness (QED) is 0.300. The molecule has 2 aromatic heterocycles. The van der Waals surface area contributed by atoms with Gasteiger partial charge in [-0.05, 0) is 0 Å². The number of nitrogens with zero attached hydrogens (tertiary/aromatic N) is 3. The van der Waals surface area contributed by atoms with Gasteiger partial charge in [-0.1, -0.05) is 11.8 Å². The van der Waals surface area contributed by atoms with Crippen LogP contribution < -0.4 is 10.9 Å². The highest BCUT2D eigenvalue weighted by atomic mass is 32.2. The third-order valence-electron chi connectivity index (χ3n) is 2.94. The van der Waals surface area contributed by atoms with Crippen molar-refractivity contribution in [2.45, 2.75) is 25.7 Å². The van der Waals surface area contributed by atoms with Crippen LogP contribution in [0.2, 0.25) is 0 Å². The van der Waals surface area contributed by atoms with Crippen LogP contribution in [0.25, 0.3) is 11.2 Å². The number of ether oxygens (including phenoxy) is 2. The molecule has 0 atom stereocenters. The number of carbonyl (C=O) groups is 2. The van der Waals surface area contributed by atoms with E-state index in [1.165, 1.54) is 25.6 Å². The third-order valence-corrected chi connectivity index (χ3v) is 3.90. The Bertz CT molecular complexity index is 848. The number of H-pyrrole nitrogens is 1. The lowest BCUT2D eigenvalue weighted by molar-refractivity contribution is -0.142. The first-order valence-corrected chi connectivity index (χ1v) is 8.64. The molecule has 0 unspecified atom stereocenters. The van der Waals surface area contributed by atoms with Crippen LogP contribution >= 0.6 is 11.8 Å². The summed E-state index contributed by atoms with van der Waals surface area (Å²) in [5.41, 5.74) is -0.197. The maximum atomic E-state index is 12.2. The summed E-state index contributed by atoms with van der Waals surface area (Å²) in [5, 5.41) is 11.9. The van der Waals surface area contributed by atoms with E-state index in [4.69, 9.17) is 14.6 Å². The second-order valence-corrected chi connectivity index (χ2v) is 6.10. The fourth-order valence-corrected chi connectivity index (χ4v) is 2.70. The highest BCUT2D eigenvalue weighted by Crippen LogP contribution is 2.21. The van der Waals surface area contributed by atoms with E-state index in [0.717, 1.165) is 0 Å². The van der Waals surface area contributed by atoms with Crippen LogP contribution in [0.4, 0.5) is 5.95 Å². The van der Waals surface area contributed by atoms with Crippen LogP contribution in [0.15, 0.2) is 9.95 Å². The smallest absolute Gasteiger partial charge is 0.302 e. The molecule has 3 N–H and O–H groups in total. The zero-order chi connectivity index (χ0) is 19.1. The molecular formula is C14H19N5O6S. The second kappa shape index (κ2) is 9.31. The van der Waals surface area contributed by atoms with Gasteiger partial charge in [-0.15, -0.1) is 0 Å². The number of anilines is 1. The number of hydrogen-bond donors (Lipinski definition) is 3. The molecule has 12 heteroatoms. The highest BCUT2D eigenvalue weighted by Gasteiger charge is 2.17. The SMILES string of the molecule is CC(=O)Nc1nc2c(nc(SCCO)n2COCCOC(C)=O)c(=O)[nH]1. The number of carbonyl (C=O) groups excluding carboxylic acids is 2. The van der Waals surface area contributed by atoms with Gasteiger partial charge in [-0.25, -0.2) is 4.98 Å². The Labute approximate surface area is 152 Å². The predicted octanol–water partition coefficient (Wildman–Crippen LogP) is -0.300. The van der Waals surface area contributed by atoms with Crippen LogP contribution in [-0.4, -0.2) is 62.1 Å². The lowest BCUT2D eigenvalue weighted by atomic mass is 10.5. The number of aliphatic hydroxyl groups excluding tert-OH is 1. The van der Waals surface area contributed by atoms with Crippen LogP contribution in [0, 0.1) is 0 Å². The van der Waals surface area contributed by atoms with Gasteiger partial charge < -0.3 is 14.6 Å². The monoisotopic (exact) mass is 385 g/mol. The van der Waals surface area contributed by atoms with Gasteiger partial charge in [0.25, 0.3) is 5.56 Å². The predicted molar refractivity (Wildman–Crippen MR) is 92.8 cm³/mol. The number of rotatable bonds is 9. The highest BCUT2D eigenvalue weighted by molar-refractivity contribution is 7.99. The summed E-state index contributed by atoms with van der Waals surface area (Å²) in [6, 6.07) is 0. The molecule has 2 aromatic rings. The molecule has 1 amide bonds. The number of amides is 1. The molecule has 0 bridgehead atoms. The molecule has 0 aliphatic heterocycles. The number of imidazole rings is 1. The molecule has 0 radical (unpaired) electrons. The van der Waals surface area contributed by atoms with E-state index in [0.29, 0.717) is 10.9 Å². The molecule has 2 heterocycles. The number of nitrogens with one attached hydrogen (secondary N) is 2. The normalized spacial score (nSPS) is 10.9. The summed E-state index contributed by atoms with van der Waals surface area (Å²) in [5.74, 6) is -0.428. The number of aromatic nitrogens is 4. The number of esters is 1. The van der Waals surface area contributed by atoms with Gasteiger partial charge in [0.1, 0.15) is 13.3 Å². The van der Waals surface area contributed by atoms with Gasteiger partial charge in [0.05, 0.1) is 13.2 Å². The van der Waals surface area contributed by atoms with Crippen molar-refractivity contribution < 1.29 is 24.2 Å². The molecule has 142 valence electrons. The summed E-state index contributed by atoms with van der Waals surface area (Å²) in [6.45, 7) is 2.76. The zero-order valence-corrected chi connectivity index (χ0v) is 15.1. The van der Waals surface area contributed by atoms with Crippen LogP contribution in [-0.2, 0) is 25.8 Å². The molecule has 0 fully saturated rings. The van der Waals surface area contributed by atoms with Crippen molar-refractivity contribution in [3.8, 4) is 0 Å². The molecule has 0 aliphatic rings. The number of aromatic amines is 1. The Hall–Kier alpha value is -2.44. The maximum Gasteiger partial charge on any atom is 0.302 e. The lowest BCUT2D eigenvalue weighted by Crippen LogP contribution is -2.17. The molecule has 26 heavy (non-hydrogen) atoms. The first-order valence-electron chi connectivity index (χ1n) is 7.65. The number of fused-ring (bicyclic) bond motifs is 1. The molecule has 0 aliphatic carbocycles. The number of hydrogen-bond acceptors (Lipinski definition) is 9. The van der Waals surface area contributed by atoms with E-state index in [2.05, 4.69) is 20.3 Å². The third kappa shape index (κ3) is 5.28. The van der Waals surface area contributed by atoms with E-state index < -0.39 is 11.5 Å². The van der Waals surface area contributed by atoms with Gasteiger partial charge >= 0.3 is 5.97 Å². The first kappa shape index (κ1) is 19.9. The molecule has 0 aromatic carbocycles. The number of aliphatic hydroxyl groups is 1. The van der Waals surface area contributed by atoms with Crippen molar-refractivity contribution in [1.82, 2.24) is 19.5 Å². The van der Waals surface area contributed by atoms with Gasteiger partial charge in [0, 0.05) is 19.6 Å². The average Bonchev–Trinajstić information content (AvgIpc) is 2.90. The largest absolute Gasteiger partial charge is 0.463 e. The fraction of sp³-hybridized carbons (Fsp3) is 0.500. The summed E-state index contributed by atoms with van der Waals surface area (Å²) >= 11 is 1.23. The Morgan fingerprint density at radius 2 is 2.08 bits per heavy atom. The summed E-state index contributed by atoms with van der Waals surface area (Å²) in [6.07, 6.45) is 0. The Kier molecular flexibility index (Phi) is 7.12. The fourth-order valence-electron chi connectivity index (χ4n) is 1.98. The van der Waals surface area contributed by atoms with Gasteiger partial charge in [0.15, 0.2) is 16.3 Å². The molecular weight excluding hydrogens is 366 g/mol. The van der Waals surface area contributed by atoms with E-state index >= 15 is 0 Å². The maximum absolute atomic E-state index is 12.2. The Morgan fingerprint density at radius 1 is 1.31 bits per heavy atom. The van der Waals surface area contributed by atoms with Gasteiger partial charge in [-0.2, -0.15) is 4.98 Å². The van der Waals surface area contributed by atoms with Crippen molar-refractivity contribution in [2.24, 2.45) is 0 Å². The van der Waals surface area contributed by atoms with E-state index in [1.54, 1.807) is 4.57 Å². The molecule has 11 nitrogen and oxygen atoms in total. The van der Waals surface area contributed by atoms with Crippen LogP contribution in [0.5, 0.6) is 0 Å². The minimum absolute atomic E-state index is 0.00148. The second-order valence-electron chi connectivity index (χ2n) is 5.04. The first-order chi connectivity index (χ1) is 12.4. The van der Waals surface area contributed by atoms with Crippen LogP contribution in [0.1, 0.15) is 13.8 Å². The number of thioether (sulfide) groups is 1. The van der Waals surface area contributed by atoms with E-state index in [1.807, 2.05) is 0 Å².